The highest BCUT2D eigenvalue weighted by molar-refractivity contribution is 5.94. The molecule has 1 aliphatic heterocycles. The van der Waals surface area contributed by atoms with Crippen LogP contribution in [0.3, 0.4) is 0 Å². The van der Waals surface area contributed by atoms with Gasteiger partial charge in [-0.25, -0.2) is 0 Å². The number of aromatic nitrogens is 1. The number of nitrogens with zero attached hydrogens (tertiary/aromatic N) is 1. The standard InChI is InChI=1S/C25H28N4O4/c1-17(30)28-23(14-20-16-26-22-5-3-2-4-21(20)22)24(31)27-15-18-6-8-19(9-7-18)25(32)29-10-12-33-13-11-29/h2-9,16,23,26H,10-15H2,1H3,(H,27,31)(H,28,30). The van der Waals surface area contributed by atoms with Gasteiger partial charge >= 0.3 is 0 Å². The Morgan fingerprint density at radius 1 is 1.06 bits per heavy atom. The normalized spacial score (nSPS) is 14.6. The molecule has 3 amide bonds. The van der Waals surface area contributed by atoms with Crippen LogP contribution in [0.25, 0.3) is 10.9 Å². The van der Waals surface area contributed by atoms with Crippen LogP contribution in [0.4, 0.5) is 0 Å². The first-order chi connectivity index (χ1) is 16.0. The Labute approximate surface area is 192 Å². The van der Waals surface area contributed by atoms with Crippen LogP contribution < -0.4 is 10.6 Å². The Hall–Kier alpha value is -3.65. The van der Waals surface area contributed by atoms with E-state index in [1.165, 1.54) is 6.92 Å². The summed E-state index contributed by atoms with van der Waals surface area (Å²) < 4.78 is 5.29. The second-order valence-corrected chi connectivity index (χ2v) is 8.14. The van der Waals surface area contributed by atoms with Gasteiger partial charge in [-0.3, -0.25) is 14.4 Å². The van der Waals surface area contributed by atoms with Crippen LogP contribution in [0.15, 0.2) is 54.7 Å². The van der Waals surface area contributed by atoms with Crippen molar-refractivity contribution < 1.29 is 19.1 Å². The van der Waals surface area contributed by atoms with Gasteiger partial charge in [0.15, 0.2) is 0 Å². The Bertz CT molecular complexity index is 1130. The van der Waals surface area contributed by atoms with Crippen molar-refractivity contribution in [3.05, 3.63) is 71.4 Å². The first-order valence-corrected chi connectivity index (χ1v) is 11.1. The van der Waals surface area contributed by atoms with Crippen molar-refractivity contribution >= 4 is 28.6 Å². The third kappa shape index (κ3) is 5.59. The number of rotatable bonds is 7. The molecule has 4 rings (SSSR count). The van der Waals surface area contributed by atoms with Crippen molar-refractivity contribution in [3.63, 3.8) is 0 Å². The molecule has 1 unspecified atom stereocenters. The minimum Gasteiger partial charge on any atom is -0.378 e. The molecule has 172 valence electrons. The minimum absolute atomic E-state index is 0.0154. The van der Waals surface area contributed by atoms with E-state index in [9.17, 15) is 14.4 Å². The molecule has 0 saturated carbocycles. The molecular formula is C25H28N4O4. The Kier molecular flexibility index (Phi) is 7.04. The van der Waals surface area contributed by atoms with E-state index in [4.69, 9.17) is 4.74 Å². The predicted octanol–water partition coefficient (Wildman–Crippen LogP) is 2.00. The molecule has 2 aromatic carbocycles. The molecule has 1 saturated heterocycles. The number of morpholine rings is 1. The van der Waals surface area contributed by atoms with Crippen molar-refractivity contribution in [2.75, 3.05) is 26.3 Å². The number of benzene rings is 2. The molecule has 0 radical (unpaired) electrons. The zero-order valence-electron chi connectivity index (χ0n) is 18.6. The summed E-state index contributed by atoms with van der Waals surface area (Å²) >= 11 is 0. The van der Waals surface area contributed by atoms with Crippen LogP contribution in [0.2, 0.25) is 0 Å². The van der Waals surface area contributed by atoms with Gasteiger partial charge in [0.1, 0.15) is 6.04 Å². The quantitative estimate of drug-likeness (QED) is 0.514. The number of H-pyrrole nitrogens is 1. The third-order valence-corrected chi connectivity index (χ3v) is 5.76. The highest BCUT2D eigenvalue weighted by Gasteiger charge is 2.22. The van der Waals surface area contributed by atoms with Gasteiger partial charge in [0.25, 0.3) is 5.91 Å². The molecule has 3 N–H and O–H groups in total. The average Bonchev–Trinajstić information content (AvgIpc) is 3.25. The summed E-state index contributed by atoms with van der Waals surface area (Å²) in [5.41, 5.74) is 3.43. The maximum Gasteiger partial charge on any atom is 0.254 e. The fraction of sp³-hybridized carbons (Fsp3) is 0.320. The first-order valence-electron chi connectivity index (χ1n) is 11.1. The summed E-state index contributed by atoms with van der Waals surface area (Å²) in [6.45, 7) is 4.01. The maximum absolute atomic E-state index is 12.9. The number of ether oxygens (including phenoxy) is 1. The van der Waals surface area contributed by atoms with Crippen LogP contribution in [-0.2, 0) is 27.3 Å². The van der Waals surface area contributed by atoms with Gasteiger partial charge in [0.2, 0.25) is 11.8 Å². The van der Waals surface area contributed by atoms with Crippen molar-refractivity contribution in [2.45, 2.75) is 25.9 Å². The summed E-state index contributed by atoms with van der Waals surface area (Å²) in [4.78, 5) is 42.2. The number of aromatic amines is 1. The zero-order chi connectivity index (χ0) is 23.2. The summed E-state index contributed by atoms with van der Waals surface area (Å²) in [5.74, 6) is -0.539. The number of para-hydroxylation sites is 1. The first kappa shape index (κ1) is 22.5. The Balaban J connectivity index is 1.37. The number of carbonyl (C=O) groups is 3. The molecule has 0 spiro atoms. The second kappa shape index (κ2) is 10.3. The van der Waals surface area contributed by atoms with Crippen LogP contribution in [-0.4, -0.2) is 60.0 Å². The van der Waals surface area contributed by atoms with E-state index in [1.807, 2.05) is 42.6 Å². The topological polar surface area (TPSA) is 104 Å². The molecule has 8 heteroatoms. The summed E-state index contributed by atoms with van der Waals surface area (Å²) in [6, 6.07) is 14.4. The third-order valence-electron chi connectivity index (χ3n) is 5.76. The summed E-state index contributed by atoms with van der Waals surface area (Å²) in [6.07, 6.45) is 2.25. The van der Waals surface area contributed by atoms with Crippen LogP contribution in [0, 0.1) is 0 Å². The fourth-order valence-corrected chi connectivity index (χ4v) is 4.00. The van der Waals surface area contributed by atoms with Crippen molar-refractivity contribution in [1.29, 1.82) is 0 Å². The molecule has 1 atom stereocenters. The fourth-order valence-electron chi connectivity index (χ4n) is 4.00. The number of nitrogens with one attached hydrogen (secondary N) is 3. The highest BCUT2D eigenvalue weighted by Crippen LogP contribution is 2.19. The Morgan fingerprint density at radius 3 is 2.52 bits per heavy atom. The molecular weight excluding hydrogens is 420 g/mol. The van der Waals surface area contributed by atoms with E-state index < -0.39 is 6.04 Å². The molecule has 1 fully saturated rings. The average molecular weight is 449 g/mol. The number of hydrogen-bond acceptors (Lipinski definition) is 4. The molecule has 0 aliphatic carbocycles. The van der Waals surface area contributed by atoms with Crippen molar-refractivity contribution in [3.8, 4) is 0 Å². The second-order valence-electron chi connectivity index (χ2n) is 8.14. The predicted molar refractivity (Wildman–Crippen MR) is 125 cm³/mol. The number of amides is 3. The molecule has 1 aromatic heterocycles. The van der Waals surface area contributed by atoms with Gasteiger partial charge in [-0.2, -0.15) is 0 Å². The van der Waals surface area contributed by atoms with Crippen molar-refractivity contribution in [1.82, 2.24) is 20.5 Å². The number of fused-ring (bicyclic) bond motifs is 1. The molecule has 2 heterocycles. The molecule has 33 heavy (non-hydrogen) atoms. The molecule has 3 aromatic rings. The number of carbonyl (C=O) groups excluding carboxylic acids is 3. The lowest BCUT2D eigenvalue weighted by Gasteiger charge is -2.26. The highest BCUT2D eigenvalue weighted by atomic mass is 16.5. The van der Waals surface area contributed by atoms with E-state index in [1.54, 1.807) is 17.0 Å². The van der Waals surface area contributed by atoms with Gasteiger partial charge in [-0.15, -0.1) is 0 Å². The van der Waals surface area contributed by atoms with Crippen molar-refractivity contribution in [2.24, 2.45) is 0 Å². The van der Waals surface area contributed by atoms with E-state index in [0.29, 0.717) is 44.8 Å². The van der Waals surface area contributed by atoms with Gasteiger partial charge in [-0.05, 0) is 29.3 Å². The minimum atomic E-state index is -0.691. The largest absolute Gasteiger partial charge is 0.378 e. The lowest BCUT2D eigenvalue weighted by atomic mass is 10.0. The van der Waals surface area contributed by atoms with Gasteiger partial charge < -0.3 is 25.3 Å². The van der Waals surface area contributed by atoms with Crippen LogP contribution in [0.1, 0.15) is 28.4 Å². The lowest BCUT2D eigenvalue weighted by molar-refractivity contribution is -0.128. The summed E-state index contributed by atoms with van der Waals surface area (Å²) in [5, 5.41) is 6.68. The van der Waals surface area contributed by atoms with Gasteiger partial charge in [0.05, 0.1) is 13.2 Å². The van der Waals surface area contributed by atoms with Crippen LogP contribution in [0.5, 0.6) is 0 Å². The van der Waals surface area contributed by atoms with E-state index in [0.717, 1.165) is 22.0 Å². The summed E-state index contributed by atoms with van der Waals surface area (Å²) in [7, 11) is 0. The van der Waals surface area contributed by atoms with Crippen LogP contribution >= 0.6 is 0 Å². The number of hydrogen-bond donors (Lipinski definition) is 3. The monoisotopic (exact) mass is 448 g/mol. The smallest absolute Gasteiger partial charge is 0.254 e. The maximum atomic E-state index is 12.9. The van der Waals surface area contributed by atoms with Gasteiger partial charge in [0, 0.05) is 55.6 Å². The van der Waals surface area contributed by atoms with Gasteiger partial charge in [-0.1, -0.05) is 30.3 Å². The molecule has 8 nitrogen and oxygen atoms in total. The molecule has 0 bridgehead atoms. The van der Waals surface area contributed by atoms with E-state index in [2.05, 4.69) is 15.6 Å². The van der Waals surface area contributed by atoms with E-state index >= 15 is 0 Å². The molecule has 1 aliphatic rings. The SMILES string of the molecule is CC(=O)NC(Cc1c[nH]c2ccccc12)C(=O)NCc1ccc(C(=O)N2CCOCC2)cc1. The van der Waals surface area contributed by atoms with E-state index in [-0.39, 0.29) is 17.7 Å². The Morgan fingerprint density at radius 2 is 1.79 bits per heavy atom. The zero-order valence-corrected chi connectivity index (χ0v) is 18.6. The lowest BCUT2D eigenvalue weighted by Crippen LogP contribution is -2.47.